The summed E-state index contributed by atoms with van der Waals surface area (Å²) in [5.74, 6) is 1.09. The number of sulfonamides is 1. The van der Waals surface area contributed by atoms with E-state index < -0.39 is 15.8 Å². The lowest BCUT2D eigenvalue weighted by molar-refractivity contribution is 0.582. The van der Waals surface area contributed by atoms with Crippen LogP contribution >= 0.6 is 11.8 Å². The zero-order valence-electron chi connectivity index (χ0n) is 13.2. The lowest BCUT2D eigenvalue weighted by Crippen LogP contribution is -2.26. The highest BCUT2D eigenvalue weighted by Crippen LogP contribution is 2.16. The molecule has 0 aliphatic heterocycles. The number of benzene rings is 2. The van der Waals surface area contributed by atoms with Crippen LogP contribution in [0, 0.1) is 19.7 Å². The fourth-order valence-corrected chi connectivity index (χ4v) is 4.42. The molecule has 124 valence electrons. The molecule has 0 bridgehead atoms. The fraction of sp³-hybridized carbons (Fsp3) is 0.294. The van der Waals surface area contributed by atoms with Crippen LogP contribution in [0.4, 0.5) is 4.39 Å². The van der Waals surface area contributed by atoms with Crippen molar-refractivity contribution in [1.82, 2.24) is 4.72 Å². The van der Waals surface area contributed by atoms with Gasteiger partial charge in [-0.1, -0.05) is 29.8 Å². The van der Waals surface area contributed by atoms with E-state index in [1.54, 1.807) is 18.7 Å². The largest absolute Gasteiger partial charge is 0.240 e. The monoisotopic (exact) mass is 353 g/mol. The number of thioether (sulfide) groups is 1. The average molecular weight is 353 g/mol. The highest BCUT2D eigenvalue weighted by atomic mass is 32.2. The molecular weight excluding hydrogens is 333 g/mol. The smallest absolute Gasteiger partial charge is 0.210 e. The molecule has 0 saturated heterocycles. The molecule has 23 heavy (non-hydrogen) atoms. The second-order valence-corrected chi connectivity index (χ2v) is 8.19. The van der Waals surface area contributed by atoms with Crippen LogP contribution in [0.2, 0.25) is 0 Å². The van der Waals surface area contributed by atoms with E-state index in [1.807, 2.05) is 19.1 Å². The maximum atomic E-state index is 13.1. The van der Waals surface area contributed by atoms with Crippen molar-refractivity contribution in [2.24, 2.45) is 0 Å². The Morgan fingerprint density at radius 3 is 2.61 bits per heavy atom. The van der Waals surface area contributed by atoms with Gasteiger partial charge in [0, 0.05) is 18.1 Å². The lowest BCUT2D eigenvalue weighted by atomic mass is 10.2. The van der Waals surface area contributed by atoms with Crippen LogP contribution in [-0.2, 0) is 15.8 Å². The van der Waals surface area contributed by atoms with E-state index in [4.69, 9.17) is 0 Å². The number of halogens is 1. The van der Waals surface area contributed by atoms with E-state index >= 15 is 0 Å². The van der Waals surface area contributed by atoms with Crippen LogP contribution in [-0.4, -0.2) is 20.7 Å². The predicted octanol–water partition coefficient (Wildman–Crippen LogP) is 3.65. The number of nitrogens with one attached hydrogen (secondary N) is 1. The van der Waals surface area contributed by atoms with Gasteiger partial charge in [-0.25, -0.2) is 17.5 Å². The van der Waals surface area contributed by atoms with Crippen LogP contribution in [0.3, 0.4) is 0 Å². The zero-order chi connectivity index (χ0) is 16.9. The minimum atomic E-state index is -3.59. The summed E-state index contributed by atoms with van der Waals surface area (Å²) >= 11 is 1.67. The van der Waals surface area contributed by atoms with Gasteiger partial charge in [0.1, 0.15) is 5.82 Å². The standard InChI is InChI=1S/C17H20FNO2S2/c1-13-4-3-5-15(10-13)12-22-9-8-19-23(20,21)17-7-6-16(18)11-14(17)2/h3-7,10-11,19H,8-9,12H2,1-2H3. The third kappa shape index (κ3) is 5.34. The molecule has 0 fully saturated rings. The van der Waals surface area contributed by atoms with E-state index in [9.17, 15) is 12.8 Å². The van der Waals surface area contributed by atoms with E-state index in [0.29, 0.717) is 17.9 Å². The molecule has 0 saturated carbocycles. The Kier molecular flexibility index (Phi) is 6.21. The van der Waals surface area contributed by atoms with Gasteiger partial charge in [0.25, 0.3) is 0 Å². The predicted molar refractivity (Wildman–Crippen MR) is 93.7 cm³/mol. The molecular formula is C17H20FNO2S2. The van der Waals surface area contributed by atoms with Crippen molar-refractivity contribution < 1.29 is 12.8 Å². The van der Waals surface area contributed by atoms with Gasteiger partial charge in [-0.3, -0.25) is 0 Å². The molecule has 0 aliphatic carbocycles. The lowest BCUT2D eigenvalue weighted by Gasteiger charge is -2.09. The van der Waals surface area contributed by atoms with Crippen molar-refractivity contribution in [3.63, 3.8) is 0 Å². The quantitative estimate of drug-likeness (QED) is 0.773. The van der Waals surface area contributed by atoms with Gasteiger partial charge in [0.05, 0.1) is 4.90 Å². The first kappa shape index (κ1) is 18.0. The molecule has 0 amide bonds. The summed E-state index contributed by atoms with van der Waals surface area (Å²) in [6.07, 6.45) is 0. The first-order chi connectivity index (χ1) is 10.9. The Morgan fingerprint density at radius 1 is 1.13 bits per heavy atom. The van der Waals surface area contributed by atoms with Crippen LogP contribution in [0.5, 0.6) is 0 Å². The maximum absolute atomic E-state index is 13.1. The minimum Gasteiger partial charge on any atom is -0.210 e. The molecule has 0 atom stereocenters. The highest BCUT2D eigenvalue weighted by molar-refractivity contribution is 7.98. The molecule has 1 N–H and O–H groups in total. The molecule has 0 unspecified atom stereocenters. The molecule has 6 heteroatoms. The summed E-state index contributed by atoms with van der Waals surface area (Å²) in [5.41, 5.74) is 2.85. The number of hydrogen-bond donors (Lipinski definition) is 1. The molecule has 2 aromatic carbocycles. The summed E-state index contributed by atoms with van der Waals surface area (Å²) in [6, 6.07) is 11.9. The van der Waals surface area contributed by atoms with Gasteiger partial charge in [0.2, 0.25) is 10.0 Å². The highest BCUT2D eigenvalue weighted by Gasteiger charge is 2.16. The Bertz CT molecular complexity index is 776. The third-order valence-corrected chi connectivity index (χ3v) is 5.97. The van der Waals surface area contributed by atoms with E-state index in [0.717, 1.165) is 11.8 Å². The molecule has 0 heterocycles. The Morgan fingerprint density at radius 2 is 1.91 bits per heavy atom. The average Bonchev–Trinajstić information content (AvgIpc) is 2.46. The molecule has 0 radical (unpaired) electrons. The first-order valence-electron chi connectivity index (χ1n) is 7.27. The van der Waals surface area contributed by atoms with Crippen molar-refractivity contribution in [3.05, 3.63) is 65.0 Å². The maximum Gasteiger partial charge on any atom is 0.240 e. The SMILES string of the molecule is Cc1cccc(CSCCNS(=O)(=O)c2ccc(F)cc2C)c1. The summed E-state index contributed by atoms with van der Waals surface area (Å²) < 4.78 is 40.0. The zero-order valence-corrected chi connectivity index (χ0v) is 14.8. The van der Waals surface area contributed by atoms with Gasteiger partial charge in [-0.05, 0) is 43.2 Å². The van der Waals surface area contributed by atoms with Gasteiger partial charge in [-0.2, -0.15) is 11.8 Å². The van der Waals surface area contributed by atoms with E-state index in [-0.39, 0.29) is 4.90 Å². The number of aryl methyl sites for hydroxylation is 2. The summed E-state index contributed by atoms with van der Waals surface area (Å²) in [6.45, 7) is 3.98. The molecule has 2 aromatic rings. The van der Waals surface area contributed by atoms with Crippen molar-refractivity contribution in [3.8, 4) is 0 Å². The second kappa shape index (κ2) is 7.95. The molecule has 2 rings (SSSR count). The summed E-state index contributed by atoms with van der Waals surface area (Å²) in [4.78, 5) is 0.127. The Hall–Kier alpha value is -1.37. The first-order valence-corrected chi connectivity index (χ1v) is 9.91. The van der Waals surface area contributed by atoms with Crippen LogP contribution in [0.15, 0.2) is 47.4 Å². The number of hydrogen-bond acceptors (Lipinski definition) is 3. The van der Waals surface area contributed by atoms with Gasteiger partial charge in [0.15, 0.2) is 0 Å². The van der Waals surface area contributed by atoms with E-state index in [2.05, 4.69) is 16.9 Å². The van der Waals surface area contributed by atoms with Crippen molar-refractivity contribution in [1.29, 1.82) is 0 Å². The number of rotatable bonds is 7. The molecule has 3 nitrogen and oxygen atoms in total. The van der Waals surface area contributed by atoms with Crippen molar-refractivity contribution >= 4 is 21.8 Å². The van der Waals surface area contributed by atoms with Crippen LogP contribution in [0.25, 0.3) is 0 Å². The Balaban J connectivity index is 1.83. The minimum absolute atomic E-state index is 0.127. The van der Waals surface area contributed by atoms with Crippen molar-refractivity contribution in [2.75, 3.05) is 12.3 Å². The van der Waals surface area contributed by atoms with Crippen LogP contribution < -0.4 is 4.72 Å². The van der Waals surface area contributed by atoms with Gasteiger partial charge < -0.3 is 0 Å². The normalized spacial score (nSPS) is 11.6. The summed E-state index contributed by atoms with van der Waals surface area (Å²) in [7, 11) is -3.59. The topological polar surface area (TPSA) is 46.2 Å². The van der Waals surface area contributed by atoms with Gasteiger partial charge >= 0.3 is 0 Å². The Labute approximate surface area is 141 Å². The molecule has 0 aromatic heterocycles. The van der Waals surface area contributed by atoms with Crippen molar-refractivity contribution in [2.45, 2.75) is 24.5 Å². The third-order valence-electron chi connectivity index (χ3n) is 3.32. The molecule has 0 aliphatic rings. The van der Waals surface area contributed by atoms with E-state index in [1.165, 1.54) is 23.3 Å². The molecule has 0 spiro atoms. The van der Waals surface area contributed by atoms with Crippen LogP contribution in [0.1, 0.15) is 16.7 Å². The fourth-order valence-electron chi connectivity index (χ4n) is 2.23. The summed E-state index contributed by atoms with van der Waals surface area (Å²) in [5, 5.41) is 0. The second-order valence-electron chi connectivity index (χ2n) is 5.35. The van der Waals surface area contributed by atoms with Gasteiger partial charge in [-0.15, -0.1) is 0 Å².